The smallest absolute Gasteiger partial charge is 0.196 e. The van der Waals surface area contributed by atoms with Gasteiger partial charge in [0.05, 0.1) is 5.39 Å². The van der Waals surface area contributed by atoms with Crippen molar-refractivity contribution >= 4 is 42.8 Å². The summed E-state index contributed by atoms with van der Waals surface area (Å²) in [5, 5.41) is 0.501. The molecule has 5 rings (SSSR count). The predicted molar refractivity (Wildman–Crippen MR) is 139 cm³/mol. The third-order valence-corrected chi connectivity index (χ3v) is 6.79. The zero-order chi connectivity index (χ0) is 23.5. The molecule has 0 bridgehead atoms. The van der Waals surface area contributed by atoms with Gasteiger partial charge in [0.25, 0.3) is 0 Å². The van der Waals surface area contributed by atoms with Gasteiger partial charge >= 0.3 is 0 Å². The molecular formula is C27H18Br2N2O3. The van der Waals surface area contributed by atoms with Crippen molar-refractivity contribution in [2.75, 3.05) is 0 Å². The second-order valence-corrected chi connectivity index (χ2v) is 9.38. The third-order valence-electron chi connectivity index (χ3n) is 5.45. The van der Waals surface area contributed by atoms with Crippen LogP contribution in [0.15, 0.2) is 104 Å². The highest BCUT2D eigenvalue weighted by atomic mass is 79.9. The van der Waals surface area contributed by atoms with E-state index in [4.69, 9.17) is 9.15 Å². The quantitative estimate of drug-likeness (QED) is 0.218. The highest BCUT2D eigenvalue weighted by molar-refractivity contribution is 9.10. The van der Waals surface area contributed by atoms with Gasteiger partial charge in [0.15, 0.2) is 5.43 Å². The Hall–Kier alpha value is -3.29. The van der Waals surface area contributed by atoms with Crippen molar-refractivity contribution in [3.8, 4) is 17.1 Å². The first-order chi connectivity index (χ1) is 16.6. The Morgan fingerprint density at radius 3 is 2.41 bits per heavy atom. The highest BCUT2D eigenvalue weighted by Crippen LogP contribution is 2.34. The molecule has 3 aromatic heterocycles. The minimum Gasteiger partial charge on any atom is -0.489 e. The molecule has 0 saturated heterocycles. The number of hydrogen-bond donors (Lipinski definition) is 0. The van der Waals surface area contributed by atoms with E-state index in [2.05, 4.69) is 41.8 Å². The summed E-state index contributed by atoms with van der Waals surface area (Å²) in [6.45, 7) is 0.424. The average Bonchev–Trinajstić information content (AvgIpc) is 2.86. The Kier molecular flexibility index (Phi) is 6.56. The molecule has 2 aromatic carbocycles. The number of ether oxygens (including phenoxy) is 1. The van der Waals surface area contributed by atoms with E-state index in [1.165, 1.54) is 0 Å². The lowest BCUT2D eigenvalue weighted by Crippen LogP contribution is -2.12. The van der Waals surface area contributed by atoms with Gasteiger partial charge < -0.3 is 9.15 Å². The number of halogens is 2. The topological polar surface area (TPSA) is 65.2 Å². The van der Waals surface area contributed by atoms with Gasteiger partial charge in [0.1, 0.15) is 23.7 Å². The molecule has 0 aliphatic heterocycles. The normalized spacial score (nSPS) is 11.0. The van der Waals surface area contributed by atoms with Gasteiger partial charge in [0.2, 0.25) is 0 Å². The first kappa shape index (κ1) is 22.5. The summed E-state index contributed by atoms with van der Waals surface area (Å²) in [5.41, 5.74) is 3.69. The Balaban J connectivity index is 1.62. The zero-order valence-electron chi connectivity index (χ0n) is 17.9. The van der Waals surface area contributed by atoms with Crippen LogP contribution in [0.4, 0.5) is 0 Å². The van der Waals surface area contributed by atoms with Crippen LogP contribution in [0.1, 0.15) is 16.7 Å². The van der Waals surface area contributed by atoms with E-state index in [0.717, 1.165) is 25.6 Å². The van der Waals surface area contributed by atoms with Crippen molar-refractivity contribution in [2.45, 2.75) is 13.0 Å². The van der Waals surface area contributed by atoms with Gasteiger partial charge in [-0.15, -0.1) is 0 Å². The Morgan fingerprint density at radius 1 is 0.882 bits per heavy atom. The van der Waals surface area contributed by atoms with Crippen LogP contribution in [0.5, 0.6) is 5.75 Å². The average molecular weight is 578 g/mol. The summed E-state index contributed by atoms with van der Waals surface area (Å²) < 4.78 is 13.9. The summed E-state index contributed by atoms with van der Waals surface area (Å²) in [4.78, 5) is 21.9. The fraction of sp³-hybridized carbons (Fsp3) is 0.0741. The van der Waals surface area contributed by atoms with Crippen LogP contribution < -0.4 is 10.2 Å². The number of aromatic nitrogens is 2. The van der Waals surface area contributed by atoms with Gasteiger partial charge in [0, 0.05) is 57.3 Å². The van der Waals surface area contributed by atoms with Crippen molar-refractivity contribution in [3.63, 3.8) is 0 Å². The molecule has 5 nitrogen and oxygen atoms in total. The first-order valence-electron chi connectivity index (χ1n) is 10.5. The van der Waals surface area contributed by atoms with Crippen LogP contribution in [0.3, 0.4) is 0 Å². The van der Waals surface area contributed by atoms with Gasteiger partial charge in [-0.2, -0.15) is 0 Å². The molecule has 7 heteroatoms. The van der Waals surface area contributed by atoms with E-state index in [1.54, 1.807) is 43.0 Å². The van der Waals surface area contributed by atoms with Crippen molar-refractivity contribution in [3.05, 3.63) is 121 Å². The van der Waals surface area contributed by atoms with E-state index in [-0.39, 0.29) is 5.43 Å². The molecule has 0 aliphatic carbocycles. The lowest BCUT2D eigenvalue weighted by molar-refractivity contribution is 0.306. The number of fused-ring (bicyclic) bond motifs is 1. The number of rotatable bonds is 6. The van der Waals surface area contributed by atoms with E-state index >= 15 is 0 Å². The number of pyridine rings is 2. The fourth-order valence-electron chi connectivity index (χ4n) is 3.72. The molecule has 0 spiro atoms. The van der Waals surface area contributed by atoms with Crippen LogP contribution >= 0.6 is 31.9 Å². The van der Waals surface area contributed by atoms with Crippen LogP contribution in [0, 0.1) is 0 Å². The molecule has 0 atom stereocenters. The van der Waals surface area contributed by atoms with Crippen LogP contribution in [-0.2, 0) is 13.0 Å². The summed E-state index contributed by atoms with van der Waals surface area (Å²) in [7, 11) is 0. The molecule has 168 valence electrons. The van der Waals surface area contributed by atoms with Crippen LogP contribution in [-0.4, -0.2) is 9.97 Å². The van der Waals surface area contributed by atoms with Crippen LogP contribution in [0.25, 0.3) is 22.3 Å². The second-order valence-electron chi connectivity index (χ2n) is 7.67. The Morgan fingerprint density at radius 2 is 1.65 bits per heavy atom. The number of benzene rings is 2. The molecule has 0 amide bonds. The monoisotopic (exact) mass is 576 g/mol. The molecule has 0 N–H and O–H groups in total. The summed E-state index contributed by atoms with van der Waals surface area (Å²) >= 11 is 7.09. The molecule has 0 aliphatic rings. The summed E-state index contributed by atoms with van der Waals surface area (Å²) in [5.74, 6) is 1.12. The Bertz CT molecular complexity index is 1530. The lowest BCUT2D eigenvalue weighted by Gasteiger charge is -2.13. The van der Waals surface area contributed by atoms with Crippen molar-refractivity contribution in [2.24, 2.45) is 0 Å². The lowest BCUT2D eigenvalue weighted by atomic mass is 9.99. The molecule has 0 saturated carbocycles. The molecule has 34 heavy (non-hydrogen) atoms. The molecule has 5 aromatic rings. The maximum Gasteiger partial charge on any atom is 0.196 e. The van der Waals surface area contributed by atoms with Gasteiger partial charge in [-0.25, -0.2) is 0 Å². The molecule has 0 unspecified atom stereocenters. The molecule has 0 radical (unpaired) electrons. The highest BCUT2D eigenvalue weighted by Gasteiger charge is 2.20. The van der Waals surface area contributed by atoms with Gasteiger partial charge in [-0.1, -0.05) is 30.3 Å². The van der Waals surface area contributed by atoms with Gasteiger partial charge in [-0.3, -0.25) is 14.8 Å². The molecule has 3 heterocycles. The van der Waals surface area contributed by atoms with E-state index in [9.17, 15) is 4.79 Å². The minimum absolute atomic E-state index is 0.0849. The molecule has 0 fully saturated rings. The third kappa shape index (κ3) is 4.67. The van der Waals surface area contributed by atoms with Crippen molar-refractivity contribution < 1.29 is 9.15 Å². The van der Waals surface area contributed by atoms with E-state index in [1.807, 2.05) is 42.5 Å². The largest absolute Gasteiger partial charge is 0.489 e. The van der Waals surface area contributed by atoms with E-state index in [0.29, 0.717) is 41.1 Å². The minimum atomic E-state index is -0.0849. The number of hydrogen-bond acceptors (Lipinski definition) is 5. The van der Waals surface area contributed by atoms with Crippen molar-refractivity contribution in [1.82, 2.24) is 9.97 Å². The maximum absolute atomic E-state index is 13.7. The molecular weight excluding hydrogens is 560 g/mol. The number of nitrogens with zero attached hydrogens (tertiary/aromatic N) is 2. The zero-order valence-corrected chi connectivity index (χ0v) is 21.0. The SMILES string of the molecule is O=c1c(Cc2ccncc2Br)c(-c2ccncc2Br)oc2cc(OCc3ccccc3)ccc12. The predicted octanol–water partition coefficient (Wildman–Crippen LogP) is 6.94. The van der Waals surface area contributed by atoms with Gasteiger partial charge in [-0.05, 0) is 67.3 Å². The maximum atomic E-state index is 13.7. The summed E-state index contributed by atoms with van der Waals surface area (Å²) in [6.07, 6.45) is 7.18. The Labute approximate surface area is 212 Å². The standard InChI is InChI=1S/C27H18Br2N2O3/c28-23-14-30-10-8-18(23)12-22-26(32)21-7-6-19(33-16-17-4-2-1-3-5-17)13-25(21)34-27(22)20-9-11-31-15-24(20)29/h1-11,13-15H,12,16H2. The first-order valence-corrected chi connectivity index (χ1v) is 12.1. The van der Waals surface area contributed by atoms with Crippen LogP contribution in [0.2, 0.25) is 0 Å². The fourth-order valence-corrected chi connectivity index (χ4v) is 4.54. The summed E-state index contributed by atoms with van der Waals surface area (Å²) in [6, 6.07) is 19.0. The second kappa shape index (κ2) is 9.91. The van der Waals surface area contributed by atoms with E-state index < -0.39 is 0 Å². The van der Waals surface area contributed by atoms with Crippen molar-refractivity contribution in [1.29, 1.82) is 0 Å².